The summed E-state index contributed by atoms with van der Waals surface area (Å²) >= 11 is 6.18. The molecule has 35 heavy (non-hydrogen) atoms. The number of fused-ring (bicyclic) bond motifs is 1. The lowest BCUT2D eigenvalue weighted by molar-refractivity contribution is 0.207. The van der Waals surface area contributed by atoms with Gasteiger partial charge in [0.15, 0.2) is 5.67 Å². The third-order valence-electron chi connectivity index (χ3n) is 6.66. The third-order valence-corrected chi connectivity index (χ3v) is 8.05. The van der Waals surface area contributed by atoms with Crippen LogP contribution in [-0.4, -0.2) is 30.5 Å². The van der Waals surface area contributed by atoms with Crippen LogP contribution in [0.25, 0.3) is 10.9 Å². The van der Waals surface area contributed by atoms with Crippen LogP contribution in [0.5, 0.6) is 0 Å². The molecule has 1 saturated carbocycles. The minimum atomic E-state index is -3.98. The van der Waals surface area contributed by atoms with Crippen molar-refractivity contribution in [2.75, 3.05) is 5.32 Å². The van der Waals surface area contributed by atoms with Crippen LogP contribution in [0.2, 0.25) is 5.02 Å². The molecule has 10 heteroatoms. The van der Waals surface area contributed by atoms with Crippen molar-refractivity contribution >= 4 is 38.5 Å². The first-order valence-corrected chi connectivity index (χ1v) is 13.2. The lowest BCUT2D eigenvalue weighted by Crippen LogP contribution is -2.27. The van der Waals surface area contributed by atoms with Gasteiger partial charge < -0.3 is 11.1 Å². The van der Waals surface area contributed by atoms with Crippen LogP contribution in [0.15, 0.2) is 71.8 Å². The smallest absolute Gasteiger partial charge is 0.239 e. The number of allylic oxidation sites excluding steroid dienone is 4. The molecule has 2 unspecified atom stereocenters. The monoisotopic (exact) mass is 513 g/mol. The van der Waals surface area contributed by atoms with E-state index in [4.69, 9.17) is 22.5 Å². The fourth-order valence-electron chi connectivity index (χ4n) is 4.86. The van der Waals surface area contributed by atoms with Crippen molar-refractivity contribution in [3.8, 4) is 0 Å². The molecule has 0 amide bonds. The van der Waals surface area contributed by atoms with Gasteiger partial charge in [-0.2, -0.15) is 0 Å². The zero-order chi connectivity index (χ0) is 24.8. The number of alkyl halides is 1. The van der Waals surface area contributed by atoms with Crippen molar-refractivity contribution in [2.24, 2.45) is 10.9 Å². The van der Waals surface area contributed by atoms with E-state index >= 15 is 4.39 Å². The number of halogens is 2. The lowest BCUT2D eigenvalue weighted by atomic mass is 9.76. The number of nitrogens with zero attached hydrogens (tertiary/aromatic N) is 2. The normalized spacial score (nSPS) is 26.3. The molecule has 0 aliphatic heterocycles. The van der Waals surface area contributed by atoms with Crippen LogP contribution in [0.3, 0.4) is 0 Å². The zero-order valence-corrected chi connectivity index (χ0v) is 20.3. The Balaban J connectivity index is 1.47. The van der Waals surface area contributed by atoms with Gasteiger partial charge in [0.2, 0.25) is 16.0 Å². The van der Waals surface area contributed by atoms with Gasteiger partial charge >= 0.3 is 0 Å². The number of rotatable bonds is 5. The number of benzene rings is 2. The summed E-state index contributed by atoms with van der Waals surface area (Å²) in [6.45, 7) is 0. The molecule has 7 nitrogen and oxygen atoms in total. The topological polar surface area (TPSA) is 124 Å². The SMILES string of the molecule is N[C@@H]1CC[C@@H](Nc2ncc3cc(C4(F)C=CC=CC4c4ccc(S(N)(=O)=O)c(Cl)c4)ccc3n2)C1. The van der Waals surface area contributed by atoms with Crippen LogP contribution >= 0.6 is 11.6 Å². The van der Waals surface area contributed by atoms with Crippen molar-refractivity contribution in [1.82, 2.24) is 9.97 Å². The van der Waals surface area contributed by atoms with E-state index in [1.54, 1.807) is 42.6 Å². The summed E-state index contributed by atoms with van der Waals surface area (Å²) in [7, 11) is -3.98. The van der Waals surface area contributed by atoms with Gasteiger partial charge in [-0.25, -0.2) is 27.9 Å². The van der Waals surface area contributed by atoms with Crippen LogP contribution < -0.4 is 16.2 Å². The van der Waals surface area contributed by atoms with Crippen molar-refractivity contribution < 1.29 is 12.8 Å². The minimum absolute atomic E-state index is 0.0505. The Bertz CT molecular complexity index is 1460. The van der Waals surface area contributed by atoms with Gasteiger partial charge in [0, 0.05) is 29.6 Å². The number of hydrogen-bond acceptors (Lipinski definition) is 6. The second-order valence-corrected chi connectivity index (χ2v) is 11.0. The highest BCUT2D eigenvalue weighted by molar-refractivity contribution is 7.89. The highest BCUT2D eigenvalue weighted by atomic mass is 35.5. The molecule has 0 bridgehead atoms. The molecule has 1 heterocycles. The molecule has 0 radical (unpaired) electrons. The Morgan fingerprint density at radius 3 is 2.69 bits per heavy atom. The van der Waals surface area contributed by atoms with Crippen LogP contribution in [0, 0.1) is 0 Å². The predicted octanol–water partition coefficient (Wildman–Crippen LogP) is 4.30. The van der Waals surface area contributed by atoms with Gasteiger partial charge in [-0.15, -0.1) is 0 Å². The number of aromatic nitrogens is 2. The van der Waals surface area contributed by atoms with E-state index in [0.717, 1.165) is 19.3 Å². The van der Waals surface area contributed by atoms with Crippen LogP contribution in [0.1, 0.15) is 36.3 Å². The Kier molecular flexibility index (Phi) is 6.13. The fraction of sp³-hybridized carbons (Fsp3) is 0.280. The fourth-order valence-corrected chi connectivity index (χ4v) is 5.96. The molecule has 5 rings (SSSR count). The average Bonchev–Trinajstić information content (AvgIpc) is 3.22. The maximum atomic E-state index is 16.6. The maximum Gasteiger partial charge on any atom is 0.239 e. The largest absolute Gasteiger partial charge is 0.351 e. The van der Waals surface area contributed by atoms with Gasteiger partial charge in [-0.3, -0.25) is 0 Å². The van der Waals surface area contributed by atoms with E-state index in [0.29, 0.717) is 28.0 Å². The van der Waals surface area contributed by atoms with E-state index in [1.165, 1.54) is 24.3 Å². The number of nitrogens with one attached hydrogen (secondary N) is 1. The summed E-state index contributed by atoms with van der Waals surface area (Å²) in [6, 6.07) is 9.96. The summed E-state index contributed by atoms with van der Waals surface area (Å²) in [6.07, 6.45) is 11.1. The van der Waals surface area contributed by atoms with E-state index in [9.17, 15) is 8.42 Å². The Labute approximate surface area is 208 Å². The molecule has 5 N–H and O–H groups in total. The first kappa shape index (κ1) is 23.9. The second kappa shape index (κ2) is 8.98. The van der Waals surface area contributed by atoms with Crippen molar-refractivity contribution in [3.05, 3.63) is 83.0 Å². The molecule has 2 aromatic carbocycles. The van der Waals surface area contributed by atoms with E-state index < -0.39 is 21.6 Å². The quantitative estimate of drug-likeness (QED) is 0.467. The molecule has 2 aliphatic carbocycles. The van der Waals surface area contributed by atoms with E-state index in [1.807, 2.05) is 0 Å². The van der Waals surface area contributed by atoms with Crippen LogP contribution in [0.4, 0.5) is 10.3 Å². The molecule has 182 valence electrons. The van der Waals surface area contributed by atoms with Crippen LogP contribution in [-0.2, 0) is 15.7 Å². The van der Waals surface area contributed by atoms with Gasteiger partial charge in [0.1, 0.15) is 4.90 Å². The molecule has 1 aromatic heterocycles. The highest BCUT2D eigenvalue weighted by Crippen LogP contribution is 2.46. The molecular weight excluding hydrogens is 489 g/mol. The molecule has 0 spiro atoms. The third kappa shape index (κ3) is 4.69. The van der Waals surface area contributed by atoms with Crippen molar-refractivity contribution in [1.29, 1.82) is 0 Å². The summed E-state index contributed by atoms with van der Waals surface area (Å²) in [4.78, 5) is 8.81. The molecule has 1 fully saturated rings. The van der Waals surface area contributed by atoms with Gasteiger partial charge in [0.05, 0.1) is 10.5 Å². The minimum Gasteiger partial charge on any atom is -0.351 e. The summed E-state index contributed by atoms with van der Waals surface area (Å²) < 4.78 is 40.1. The van der Waals surface area contributed by atoms with Crippen molar-refractivity contribution in [3.63, 3.8) is 0 Å². The average molecular weight is 514 g/mol. The maximum absolute atomic E-state index is 16.6. The molecule has 0 saturated heterocycles. The highest BCUT2D eigenvalue weighted by Gasteiger charge is 2.40. The Hall–Kier alpha value is -2.85. The summed E-state index contributed by atoms with van der Waals surface area (Å²) in [5, 5.41) is 9.20. The predicted molar refractivity (Wildman–Crippen MR) is 135 cm³/mol. The standard InChI is InChI=1S/C25H25ClFN5O2S/c26-21-12-15(4-9-23(21)35(29,33)34)20-3-1-2-10-25(20,27)17-5-8-22-16(11-17)14-30-24(32-22)31-19-7-6-18(28)13-19/h1-5,8-12,14,18-20H,6-7,13,28H2,(H2,29,33,34)(H,30,31,32)/t18-,19-,20?,25?/m1/s1. The Morgan fingerprint density at radius 1 is 1.14 bits per heavy atom. The molecule has 4 atom stereocenters. The molecule has 3 aromatic rings. The second-order valence-electron chi connectivity index (χ2n) is 9.11. The van der Waals surface area contributed by atoms with Gasteiger partial charge in [-0.05, 0) is 60.7 Å². The first-order valence-electron chi connectivity index (χ1n) is 11.3. The zero-order valence-electron chi connectivity index (χ0n) is 18.7. The summed E-state index contributed by atoms with van der Waals surface area (Å²) in [5.41, 5.74) is 5.74. The number of hydrogen-bond donors (Lipinski definition) is 3. The summed E-state index contributed by atoms with van der Waals surface area (Å²) in [5.74, 6) is -0.201. The number of primary sulfonamides is 1. The number of sulfonamides is 1. The van der Waals surface area contributed by atoms with Gasteiger partial charge in [-0.1, -0.05) is 42.0 Å². The number of anilines is 1. The lowest BCUT2D eigenvalue weighted by Gasteiger charge is -2.32. The number of nitrogens with two attached hydrogens (primary N) is 2. The Morgan fingerprint density at radius 2 is 1.97 bits per heavy atom. The molecule has 2 aliphatic rings. The van der Waals surface area contributed by atoms with Gasteiger partial charge in [0.25, 0.3) is 0 Å². The van der Waals surface area contributed by atoms with E-state index in [-0.39, 0.29) is 22.0 Å². The van der Waals surface area contributed by atoms with Crippen molar-refractivity contribution in [2.45, 2.75) is 47.8 Å². The van der Waals surface area contributed by atoms with E-state index in [2.05, 4.69) is 15.3 Å². The molecular formula is C25H25ClFN5O2S. The first-order chi connectivity index (χ1) is 16.6.